The van der Waals surface area contributed by atoms with Crippen LogP contribution in [-0.2, 0) is 0 Å². The van der Waals surface area contributed by atoms with Crippen molar-refractivity contribution in [3.63, 3.8) is 0 Å². The first-order valence-corrected chi connectivity index (χ1v) is 10.3. The lowest BCUT2D eigenvalue weighted by Crippen LogP contribution is -2.11. The fraction of sp³-hybridized carbons (Fsp3) is 0. The number of hydrogen-bond acceptors (Lipinski definition) is 2. The summed E-state index contributed by atoms with van der Waals surface area (Å²) >= 11 is 0. The summed E-state index contributed by atoms with van der Waals surface area (Å²) in [6.07, 6.45) is -2.65. The van der Waals surface area contributed by atoms with Crippen LogP contribution in [-0.4, -0.2) is 5.97 Å². The standard InChI is InChI=1S/C27H12F8O2/c28-20-9-15(24(32)26(34)35)5-7-19(20)27(36)37-17-6-8-18(21(29)12-17)14-3-1-13(2-4-14)16-10-22(30)25(33)23(31)11-16/h1-12H. The first-order chi connectivity index (χ1) is 17.5. The average Bonchev–Trinajstić information content (AvgIpc) is 2.86. The van der Waals surface area contributed by atoms with Crippen molar-refractivity contribution < 1.29 is 44.7 Å². The van der Waals surface area contributed by atoms with Crippen LogP contribution in [0.3, 0.4) is 0 Å². The molecule has 4 aromatic rings. The molecule has 4 aromatic carbocycles. The molecule has 188 valence electrons. The topological polar surface area (TPSA) is 26.3 Å². The highest BCUT2D eigenvalue weighted by Gasteiger charge is 2.19. The predicted molar refractivity (Wildman–Crippen MR) is 119 cm³/mol. The van der Waals surface area contributed by atoms with E-state index in [2.05, 4.69) is 0 Å². The van der Waals surface area contributed by atoms with Gasteiger partial charge in [-0.1, -0.05) is 30.3 Å². The lowest BCUT2D eigenvalue weighted by Gasteiger charge is -2.10. The number of carbonyl (C=O) groups is 1. The fourth-order valence-corrected chi connectivity index (χ4v) is 3.45. The molecule has 2 nitrogen and oxygen atoms in total. The van der Waals surface area contributed by atoms with Crippen LogP contribution in [0.1, 0.15) is 15.9 Å². The molecule has 0 N–H and O–H groups in total. The summed E-state index contributed by atoms with van der Waals surface area (Å²) in [4.78, 5) is 12.2. The van der Waals surface area contributed by atoms with Gasteiger partial charge in [0.05, 0.1) is 5.56 Å². The zero-order valence-electron chi connectivity index (χ0n) is 18.3. The van der Waals surface area contributed by atoms with Crippen LogP contribution in [0.25, 0.3) is 28.1 Å². The van der Waals surface area contributed by atoms with Gasteiger partial charge in [-0.25, -0.2) is 31.1 Å². The Labute approximate surface area is 204 Å². The van der Waals surface area contributed by atoms with E-state index >= 15 is 0 Å². The van der Waals surface area contributed by atoms with Gasteiger partial charge in [0, 0.05) is 17.2 Å². The first kappa shape index (κ1) is 25.6. The van der Waals surface area contributed by atoms with Gasteiger partial charge in [-0.3, -0.25) is 0 Å². The minimum Gasteiger partial charge on any atom is -0.423 e. The van der Waals surface area contributed by atoms with E-state index in [1.54, 1.807) is 0 Å². The monoisotopic (exact) mass is 520 g/mol. The van der Waals surface area contributed by atoms with Crippen molar-refractivity contribution in [3.8, 4) is 28.0 Å². The summed E-state index contributed by atoms with van der Waals surface area (Å²) in [6, 6.07) is 12.6. The first-order valence-electron chi connectivity index (χ1n) is 10.3. The molecule has 0 aromatic heterocycles. The minimum absolute atomic E-state index is 0.0638. The Morgan fingerprint density at radius 2 is 1.22 bits per heavy atom. The fourth-order valence-electron chi connectivity index (χ4n) is 3.45. The maximum atomic E-state index is 14.7. The molecule has 0 spiro atoms. The van der Waals surface area contributed by atoms with Crippen LogP contribution in [0, 0.1) is 29.1 Å². The Morgan fingerprint density at radius 1 is 0.595 bits per heavy atom. The zero-order chi connectivity index (χ0) is 26.9. The van der Waals surface area contributed by atoms with Crippen LogP contribution in [0.15, 0.2) is 78.9 Å². The maximum Gasteiger partial charge on any atom is 0.346 e. The molecule has 0 aliphatic carbocycles. The summed E-state index contributed by atoms with van der Waals surface area (Å²) in [5, 5.41) is 0. The Morgan fingerprint density at radius 3 is 1.78 bits per heavy atom. The van der Waals surface area contributed by atoms with Crippen molar-refractivity contribution >= 4 is 11.8 Å². The molecule has 0 radical (unpaired) electrons. The van der Waals surface area contributed by atoms with Crippen molar-refractivity contribution in [1.82, 2.24) is 0 Å². The van der Waals surface area contributed by atoms with Crippen molar-refractivity contribution in [2.75, 3.05) is 0 Å². The van der Waals surface area contributed by atoms with E-state index in [4.69, 9.17) is 4.74 Å². The SMILES string of the molecule is O=C(Oc1ccc(-c2ccc(-c3cc(F)c(F)c(F)c3)cc2)c(F)c1)c1ccc(C(F)=C(F)F)cc1F. The average molecular weight is 520 g/mol. The third kappa shape index (κ3) is 5.37. The van der Waals surface area contributed by atoms with Crippen molar-refractivity contribution in [3.05, 3.63) is 119 Å². The molecule has 0 heterocycles. The van der Waals surface area contributed by atoms with Gasteiger partial charge in [-0.05, 0) is 53.1 Å². The Kier molecular flexibility index (Phi) is 7.10. The summed E-state index contributed by atoms with van der Waals surface area (Å²) in [5.74, 6) is -9.99. The second kappa shape index (κ2) is 10.3. The van der Waals surface area contributed by atoms with Crippen LogP contribution in [0.2, 0.25) is 0 Å². The van der Waals surface area contributed by atoms with E-state index in [0.29, 0.717) is 17.2 Å². The van der Waals surface area contributed by atoms with Crippen molar-refractivity contribution in [2.45, 2.75) is 0 Å². The number of ether oxygens (including phenoxy) is 1. The van der Waals surface area contributed by atoms with E-state index in [9.17, 15) is 39.9 Å². The second-order valence-corrected chi connectivity index (χ2v) is 7.63. The van der Waals surface area contributed by atoms with Gasteiger partial charge >= 0.3 is 12.0 Å². The van der Waals surface area contributed by atoms with Crippen LogP contribution in [0.5, 0.6) is 5.75 Å². The van der Waals surface area contributed by atoms with E-state index in [-0.39, 0.29) is 16.9 Å². The number of esters is 1. The molecular formula is C27H12F8O2. The largest absolute Gasteiger partial charge is 0.423 e. The third-order valence-corrected chi connectivity index (χ3v) is 5.27. The molecule has 0 aliphatic rings. The van der Waals surface area contributed by atoms with Crippen molar-refractivity contribution in [2.24, 2.45) is 0 Å². The molecular weight excluding hydrogens is 508 g/mol. The smallest absolute Gasteiger partial charge is 0.346 e. The lowest BCUT2D eigenvalue weighted by molar-refractivity contribution is 0.0729. The van der Waals surface area contributed by atoms with Gasteiger partial charge in [0.1, 0.15) is 17.4 Å². The Balaban J connectivity index is 1.52. The molecule has 0 saturated heterocycles. The molecule has 0 amide bonds. The van der Waals surface area contributed by atoms with Crippen LogP contribution >= 0.6 is 0 Å². The van der Waals surface area contributed by atoms with E-state index in [1.807, 2.05) is 0 Å². The number of benzene rings is 4. The molecule has 0 unspecified atom stereocenters. The van der Waals surface area contributed by atoms with Crippen molar-refractivity contribution in [1.29, 1.82) is 0 Å². The van der Waals surface area contributed by atoms with E-state index < -0.39 is 58.1 Å². The zero-order valence-corrected chi connectivity index (χ0v) is 18.3. The van der Waals surface area contributed by atoms with Gasteiger partial charge in [0.25, 0.3) is 0 Å². The summed E-state index contributed by atoms with van der Waals surface area (Å²) in [7, 11) is 0. The van der Waals surface area contributed by atoms with Crippen LogP contribution < -0.4 is 4.74 Å². The summed E-state index contributed by atoms with van der Waals surface area (Å²) in [5.41, 5.74) is -0.646. The summed E-state index contributed by atoms with van der Waals surface area (Å²) < 4.78 is 112. The van der Waals surface area contributed by atoms with Gasteiger partial charge in [-0.15, -0.1) is 0 Å². The van der Waals surface area contributed by atoms with E-state index in [1.165, 1.54) is 36.4 Å². The Bertz CT molecular complexity index is 1520. The lowest BCUT2D eigenvalue weighted by atomic mass is 9.99. The van der Waals surface area contributed by atoms with E-state index in [0.717, 1.165) is 30.3 Å². The number of hydrogen-bond donors (Lipinski definition) is 0. The molecule has 0 fully saturated rings. The quantitative estimate of drug-likeness (QED) is 0.114. The molecule has 0 atom stereocenters. The van der Waals surface area contributed by atoms with Gasteiger partial charge in [0.15, 0.2) is 23.3 Å². The molecule has 37 heavy (non-hydrogen) atoms. The number of carbonyl (C=O) groups excluding carboxylic acids is 1. The predicted octanol–water partition coefficient (Wildman–Crippen LogP) is 8.47. The normalized spacial score (nSPS) is 10.8. The highest BCUT2D eigenvalue weighted by Crippen LogP contribution is 2.31. The van der Waals surface area contributed by atoms with Gasteiger partial charge < -0.3 is 4.74 Å². The molecule has 10 heteroatoms. The van der Waals surface area contributed by atoms with Gasteiger partial charge in [-0.2, -0.15) is 8.78 Å². The Hall–Kier alpha value is -4.47. The summed E-state index contributed by atoms with van der Waals surface area (Å²) in [6.45, 7) is 0. The molecule has 0 aliphatic heterocycles. The van der Waals surface area contributed by atoms with Crippen LogP contribution in [0.4, 0.5) is 35.1 Å². The third-order valence-electron chi connectivity index (χ3n) is 5.27. The number of halogens is 8. The second-order valence-electron chi connectivity index (χ2n) is 7.63. The molecule has 0 saturated carbocycles. The molecule has 4 rings (SSSR count). The maximum absolute atomic E-state index is 14.7. The highest BCUT2D eigenvalue weighted by molar-refractivity contribution is 5.91. The molecule has 0 bridgehead atoms. The highest BCUT2D eigenvalue weighted by atomic mass is 19.3. The number of rotatable bonds is 5. The van der Waals surface area contributed by atoms with Gasteiger partial charge in [0.2, 0.25) is 0 Å². The minimum atomic E-state index is -2.65.